The van der Waals surface area contributed by atoms with Crippen molar-refractivity contribution in [3.63, 3.8) is 0 Å². The van der Waals surface area contributed by atoms with Crippen LogP contribution in [0.25, 0.3) is 0 Å². The Morgan fingerprint density at radius 2 is 2.07 bits per heavy atom. The predicted octanol–water partition coefficient (Wildman–Crippen LogP) is 1.90. The van der Waals surface area contributed by atoms with Crippen molar-refractivity contribution in [3.05, 3.63) is 53.0 Å². The van der Waals surface area contributed by atoms with Crippen LogP contribution >= 0.6 is 0 Å². The summed E-state index contributed by atoms with van der Waals surface area (Å²) in [7, 11) is 0. The third-order valence-electron chi connectivity index (χ3n) is 5.92. The lowest BCUT2D eigenvalue weighted by atomic mass is 9.93. The summed E-state index contributed by atoms with van der Waals surface area (Å²) in [5.74, 6) is 0.451. The predicted molar refractivity (Wildman–Crippen MR) is 112 cm³/mol. The Bertz CT molecular complexity index is 868. The number of fused-ring (bicyclic) bond motifs is 1. The second-order valence-electron chi connectivity index (χ2n) is 8.09. The van der Waals surface area contributed by atoms with Crippen molar-refractivity contribution >= 4 is 11.7 Å². The molecule has 0 spiro atoms. The summed E-state index contributed by atoms with van der Waals surface area (Å²) in [5.41, 5.74) is 3.81. The number of rotatable bonds is 7. The van der Waals surface area contributed by atoms with Crippen LogP contribution in [0.1, 0.15) is 46.4 Å². The topological polar surface area (TPSA) is 90.4 Å². The van der Waals surface area contributed by atoms with Crippen molar-refractivity contribution < 1.29 is 9.90 Å². The number of benzene rings is 1. The summed E-state index contributed by atoms with van der Waals surface area (Å²) in [6, 6.07) is 8.87. The number of carbonyl (C=O) groups is 1. The van der Waals surface area contributed by atoms with Crippen LogP contribution in [0.2, 0.25) is 0 Å². The Hall–Kier alpha value is -2.51. The van der Waals surface area contributed by atoms with Crippen LogP contribution < -0.4 is 10.6 Å². The van der Waals surface area contributed by atoms with E-state index in [0.717, 1.165) is 43.7 Å². The van der Waals surface area contributed by atoms with Crippen molar-refractivity contribution in [3.8, 4) is 0 Å². The molecule has 29 heavy (non-hydrogen) atoms. The van der Waals surface area contributed by atoms with Crippen molar-refractivity contribution in [1.29, 1.82) is 0 Å². The van der Waals surface area contributed by atoms with Gasteiger partial charge in [0.25, 0.3) is 5.91 Å². The Morgan fingerprint density at radius 3 is 2.83 bits per heavy atom. The average molecular weight is 396 g/mol. The summed E-state index contributed by atoms with van der Waals surface area (Å²) < 4.78 is 0. The van der Waals surface area contributed by atoms with E-state index in [1.807, 2.05) is 6.92 Å². The van der Waals surface area contributed by atoms with Crippen molar-refractivity contribution in [2.45, 2.75) is 51.3 Å². The van der Waals surface area contributed by atoms with Gasteiger partial charge < -0.3 is 15.7 Å². The first-order valence-electron chi connectivity index (χ1n) is 10.4. The zero-order valence-corrected chi connectivity index (χ0v) is 16.9. The quantitative estimate of drug-likeness (QED) is 0.663. The lowest BCUT2D eigenvalue weighted by Gasteiger charge is -2.30. The highest BCUT2D eigenvalue weighted by atomic mass is 16.3. The first kappa shape index (κ1) is 19.8. The monoisotopic (exact) mass is 395 g/mol. The van der Waals surface area contributed by atoms with E-state index < -0.39 is 6.10 Å². The molecule has 1 aliphatic heterocycles. The standard InChI is InChI=1S/C22H29N5O2/c1-15-20(24-14-25-21(15)26-18-7-4-8-18)22(29)23-11-19(28)13-27-10-9-16-5-2-3-6-17(16)12-27/h2-3,5-6,14,18-19,28H,4,7-13H2,1H3,(H,23,29)(H,24,25,26)/t19-/m0/s1. The Morgan fingerprint density at radius 1 is 1.28 bits per heavy atom. The van der Waals surface area contributed by atoms with Crippen LogP contribution in [0.5, 0.6) is 0 Å². The molecule has 0 bridgehead atoms. The molecule has 1 fully saturated rings. The molecule has 0 saturated heterocycles. The Kier molecular flexibility index (Phi) is 6.06. The molecule has 2 aliphatic rings. The van der Waals surface area contributed by atoms with Crippen LogP contribution in [0.15, 0.2) is 30.6 Å². The van der Waals surface area contributed by atoms with Crippen molar-refractivity contribution in [2.75, 3.05) is 25.0 Å². The number of nitrogens with one attached hydrogen (secondary N) is 2. The van der Waals surface area contributed by atoms with Gasteiger partial charge in [-0.1, -0.05) is 24.3 Å². The van der Waals surface area contributed by atoms with Crippen LogP contribution in [0.3, 0.4) is 0 Å². The van der Waals surface area contributed by atoms with Gasteiger partial charge in [0.15, 0.2) is 0 Å². The molecule has 2 aromatic rings. The number of aliphatic hydroxyl groups is 1. The third-order valence-corrected chi connectivity index (χ3v) is 5.92. The number of carbonyl (C=O) groups excluding carboxylic acids is 1. The molecule has 7 nitrogen and oxygen atoms in total. The highest BCUT2D eigenvalue weighted by Gasteiger charge is 2.22. The minimum atomic E-state index is -0.626. The highest BCUT2D eigenvalue weighted by Crippen LogP contribution is 2.24. The number of hydrogen-bond acceptors (Lipinski definition) is 6. The van der Waals surface area contributed by atoms with Gasteiger partial charge >= 0.3 is 0 Å². The number of amides is 1. The lowest BCUT2D eigenvalue weighted by Crippen LogP contribution is -2.42. The number of anilines is 1. The average Bonchev–Trinajstić information content (AvgIpc) is 2.70. The summed E-state index contributed by atoms with van der Waals surface area (Å²) >= 11 is 0. The van der Waals surface area contributed by atoms with E-state index in [1.54, 1.807) is 0 Å². The number of nitrogens with zero attached hydrogens (tertiary/aromatic N) is 3. The first-order valence-corrected chi connectivity index (χ1v) is 10.4. The summed E-state index contributed by atoms with van der Waals surface area (Å²) in [6.07, 6.45) is 5.29. The fourth-order valence-corrected chi connectivity index (χ4v) is 3.94. The molecular weight excluding hydrogens is 366 g/mol. The van der Waals surface area contributed by atoms with Gasteiger partial charge in [0.1, 0.15) is 17.8 Å². The number of hydrogen-bond donors (Lipinski definition) is 3. The third kappa shape index (κ3) is 4.74. The van der Waals surface area contributed by atoms with E-state index in [2.05, 4.69) is 49.8 Å². The molecule has 1 saturated carbocycles. The van der Waals surface area contributed by atoms with Gasteiger partial charge in [-0.25, -0.2) is 9.97 Å². The van der Waals surface area contributed by atoms with Crippen molar-refractivity contribution in [1.82, 2.24) is 20.2 Å². The molecular formula is C22H29N5O2. The summed E-state index contributed by atoms with van der Waals surface area (Å²) in [6.45, 7) is 4.35. The maximum Gasteiger partial charge on any atom is 0.270 e. The van der Waals surface area contributed by atoms with Gasteiger partial charge in [-0.05, 0) is 43.7 Å². The molecule has 1 atom stereocenters. The summed E-state index contributed by atoms with van der Waals surface area (Å²) in [4.78, 5) is 23.3. The minimum absolute atomic E-state index is 0.200. The van der Waals surface area contributed by atoms with Crippen molar-refractivity contribution in [2.24, 2.45) is 0 Å². The normalized spacial score (nSPS) is 17.9. The van der Waals surface area contributed by atoms with Gasteiger partial charge in [0, 0.05) is 37.8 Å². The molecule has 0 unspecified atom stereocenters. The van der Waals surface area contributed by atoms with Gasteiger partial charge in [-0.3, -0.25) is 9.69 Å². The SMILES string of the molecule is Cc1c(NC2CCC2)ncnc1C(=O)NC[C@H](O)CN1CCc2ccccc2C1. The smallest absolute Gasteiger partial charge is 0.270 e. The number of aromatic nitrogens is 2. The molecule has 1 aromatic carbocycles. The molecule has 4 rings (SSSR count). The maximum atomic E-state index is 12.6. The lowest BCUT2D eigenvalue weighted by molar-refractivity contribution is 0.0837. The molecule has 2 heterocycles. The fourth-order valence-electron chi connectivity index (χ4n) is 3.94. The van der Waals surface area contributed by atoms with E-state index >= 15 is 0 Å². The van der Waals surface area contributed by atoms with Gasteiger partial charge in [0.2, 0.25) is 0 Å². The van der Waals surface area contributed by atoms with Gasteiger partial charge in [-0.15, -0.1) is 0 Å². The van der Waals surface area contributed by atoms with Gasteiger partial charge in [-0.2, -0.15) is 0 Å². The highest BCUT2D eigenvalue weighted by molar-refractivity contribution is 5.94. The molecule has 1 aromatic heterocycles. The van der Waals surface area contributed by atoms with Crippen LogP contribution in [-0.4, -0.2) is 57.7 Å². The first-order chi connectivity index (χ1) is 14.1. The zero-order valence-electron chi connectivity index (χ0n) is 16.9. The van der Waals surface area contributed by atoms with Crippen LogP contribution in [0.4, 0.5) is 5.82 Å². The fraction of sp³-hybridized carbons (Fsp3) is 0.500. The zero-order chi connectivity index (χ0) is 20.2. The second kappa shape index (κ2) is 8.88. The van der Waals surface area contributed by atoms with Gasteiger partial charge in [0.05, 0.1) is 6.10 Å². The minimum Gasteiger partial charge on any atom is -0.390 e. The molecule has 3 N–H and O–H groups in total. The molecule has 1 aliphatic carbocycles. The Labute approximate surface area is 171 Å². The molecule has 7 heteroatoms. The molecule has 1 amide bonds. The molecule has 154 valence electrons. The largest absolute Gasteiger partial charge is 0.390 e. The summed E-state index contributed by atoms with van der Waals surface area (Å²) in [5, 5.41) is 16.6. The van der Waals surface area contributed by atoms with E-state index in [1.165, 1.54) is 23.9 Å². The number of β-amino-alcohol motifs (C(OH)–C–C–N with tert-alkyl or cyclic N) is 1. The van der Waals surface area contributed by atoms with E-state index in [9.17, 15) is 9.90 Å². The van der Waals surface area contributed by atoms with E-state index in [0.29, 0.717) is 18.3 Å². The number of aliphatic hydroxyl groups excluding tert-OH is 1. The molecule has 0 radical (unpaired) electrons. The van der Waals surface area contributed by atoms with E-state index in [-0.39, 0.29) is 12.5 Å². The van der Waals surface area contributed by atoms with Crippen LogP contribution in [0, 0.1) is 6.92 Å². The van der Waals surface area contributed by atoms with E-state index in [4.69, 9.17) is 0 Å². The second-order valence-corrected chi connectivity index (χ2v) is 8.09. The maximum absolute atomic E-state index is 12.6. The Balaban J connectivity index is 1.29. The van der Waals surface area contributed by atoms with Crippen LogP contribution in [-0.2, 0) is 13.0 Å².